The molecule has 0 spiro atoms. The Balaban J connectivity index is 2.03. The van der Waals surface area contributed by atoms with Gasteiger partial charge in [-0.25, -0.2) is 0 Å². The van der Waals surface area contributed by atoms with Crippen LogP contribution in [-0.2, 0) is 0 Å². The molecule has 0 aliphatic heterocycles. The molecule has 0 amide bonds. The molecule has 1 aromatic heterocycles. The van der Waals surface area contributed by atoms with Gasteiger partial charge in [0, 0.05) is 12.1 Å². The van der Waals surface area contributed by atoms with Crippen LogP contribution in [0, 0.1) is 12.8 Å². The molecule has 1 heterocycles. The van der Waals surface area contributed by atoms with Gasteiger partial charge in [-0.1, -0.05) is 19.8 Å². The number of anilines is 1. The summed E-state index contributed by atoms with van der Waals surface area (Å²) in [7, 11) is 4.39. The van der Waals surface area contributed by atoms with Crippen molar-refractivity contribution in [3.05, 3.63) is 17.8 Å². The lowest BCUT2D eigenvalue weighted by Crippen LogP contribution is -2.52. The molecule has 1 N–H and O–H groups in total. The largest absolute Gasteiger partial charge is 0.367 e. The van der Waals surface area contributed by atoms with Crippen molar-refractivity contribution in [2.24, 2.45) is 5.92 Å². The molecule has 1 saturated carbocycles. The van der Waals surface area contributed by atoms with Gasteiger partial charge in [0.15, 0.2) is 0 Å². The van der Waals surface area contributed by atoms with Gasteiger partial charge in [0.2, 0.25) is 0 Å². The van der Waals surface area contributed by atoms with Gasteiger partial charge in [-0.2, -0.15) is 5.10 Å². The van der Waals surface area contributed by atoms with E-state index in [0.717, 1.165) is 24.0 Å². The lowest BCUT2D eigenvalue weighted by atomic mass is 9.75. The van der Waals surface area contributed by atoms with Crippen LogP contribution < -0.4 is 5.32 Å². The van der Waals surface area contributed by atoms with Crippen LogP contribution in [0.3, 0.4) is 0 Å². The topological polar surface area (TPSA) is 41.0 Å². The van der Waals surface area contributed by atoms with Crippen LogP contribution in [-0.4, -0.2) is 41.3 Å². The van der Waals surface area contributed by atoms with Gasteiger partial charge in [0.25, 0.3) is 0 Å². The Hall–Kier alpha value is -1.16. The first-order valence-electron chi connectivity index (χ1n) is 7.23. The number of likely N-dealkylation sites (N-methyl/N-ethyl adjacent to an activating group) is 1. The van der Waals surface area contributed by atoms with E-state index in [2.05, 4.69) is 41.4 Å². The van der Waals surface area contributed by atoms with E-state index in [0.29, 0.717) is 0 Å². The Morgan fingerprint density at radius 3 is 2.74 bits per heavy atom. The minimum Gasteiger partial charge on any atom is -0.367 e. The summed E-state index contributed by atoms with van der Waals surface area (Å²) in [5, 5.41) is 11.8. The molecular formula is C15H26N4. The van der Waals surface area contributed by atoms with Crippen molar-refractivity contribution >= 4 is 5.82 Å². The first kappa shape index (κ1) is 14.3. The third-order valence-electron chi connectivity index (χ3n) is 4.41. The molecule has 0 radical (unpaired) electrons. The zero-order valence-corrected chi connectivity index (χ0v) is 12.6. The third-order valence-corrected chi connectivity index (χ3v) is 4.41. The summed E-state index contributed by atoms with van der Waals surface area (Å²) in [5.41, 5.74) is 1.21. The number of aryl methyl sites for hydroxylation is 1. The van der Waals surface area contributed by atoms with Crippen molar-refractivity contribution in [3.8, 4) is 0 Å². The summed E-state index contributed by atoms with van der Waals surface area (Å²) in [6.07, 6.45) is 5.20. The number of rotatable bonds is 4. The minimum atomic E-state index is 0.254. The molecule has 1 aromatic rings. The number of nitrogens with zero attached hydrogens (tertiary/aromatic N) is 3. The van der Waals surface area contributed by atoms with Crippen LogP contribution in [0.4, 0.5) is 5.82 Å². The SMILES string of the molecule is Cc1ccc(NCC2(N(C)C)CCCC(C)C2)nn1. The maximum absolute atomic E-state index is 4.19. The molecule has 2 atom stereocenters. The maximum atomic E-state index is 4.19. The molecule has 2 unspecified atom stereocenters. The number of hydrogen-bond donors (Lipinski definition) is 1. The predicted molar refractivity (Wildman–Crippen MR) is 79.3 cm³/mol. The minimum absolute atomic E-state index is 0.254. The summed E-state index contributed by atoms with van der Waals surface area (Å²) in [4.78, 5) is 2.39. The second-order valence-electron chi connectivity index (χ2n) is 6.23. The van der Waals surface area contributed by atoms with Crippen LogP contribution >= 0.6 is 0 Å². The zero-order valence-electron chi connectivity index (χ0n) is 12.6. The standard InChI is InChI=1S/C15H26N4/c1-12-6-5-9-15(10-12,19(3)4)11-16-14-8-7-13(2)17-18-14/h7-8,12H,5-6,9-11H2,1-4H3,(H,16,18). The van der Waals surface area contributed by atoms with Gasteiger partial charge in [0.05, 0.1) is 5.69 Å². The molecule has 1 aliphatic rings. The zero-order chi connectivity index (χ0) is 13.9. The Morgan fingerprint density at radius 2 is 2.16 bits per heavy atom. The van der Waals surface area contributed by atoms with Crippen molar-refractivity contribution in [2.45, 2.75) is 45.1 Å². The molecule has 0 aromatic carbocycles. The highest BCUT2D eigenvalue weighted by molar-refractivity contribution is 5.33. The number of nitrogens with one attached hydrogen (secondary N) is 1. The van der Waals surface area contributed by atoms with E-state index in [-0.39, 0.29) is 5.54 Å². The van der Waals surface area contributed by atoms with Gasteiger partial charge in [-0.05, 0) is 51.9 Å². The van der Waals surface area contributed by atoms with Crippen LogP contribution in [0.1, 0.15) is 38.3 Å². The smallest absolute Gasteiger partial charge is 0.148 e. The summed E-state index contributed by atoms with van der Waals surface area (Å²) in [6, 6.07) is 4.01. The molecule has 4 nitrogen and oxygen atoms in total. The van der Waals surface area contributed by atoms with Crippen molar-refractivity contribution in [1.29, 1.82) is 0 Å². The fraction of sp³-hybridized carbons (Fsp3) is 0.733. The monoisotopic (exact) mass is 262 g/mol. The highest BCUT2D eigenvalue weighted by Gasteiger charge is 2.36. The van der Waals surface area contributed by atoms with E-state index in [4.69, 9.17) is 0 Å². The molecule has 19 heavy (non-hydrogen) atoms. The summed E-state index contributed by atoms with van der Waals surface area (Å²) < 4.78 is 0. The Labute approximate surface area is 116 Å². The Bertz CT molecular complexity index is 401. The van der Waals surface area contributed by atoms with E-state index >= 15 is 0 Å². The van der Waals surface area contributed by atoms with E-state index in [9.17, 15) is 0 Å². The van der Waals surface area contributed by atoms with Crippen LogP contribution in [0.15, 0.2) is 12.1 Å². The highest BCUT2D eigenvalue weighted by atomic mass is 15.2. The third kappa shape index (κ3) is 3.44. The maximum Gasteiger partial charge on any atom is 0.148 e. The molecule has 0 saturated heterocycles. The molecule has 2 rings (SSSR count). The van der Waals surface area contributed by atoms with E-state index < -0.39 is 0 Å². The van der Waals surface area contributed by atoms with Crippen molar-refractivity contribution in [3.63, 3.8) is 0 Å². The van der Waals surface area contributed by atoms with Gasteiger partial charge < -0.3 is 10.2 Å². The molecule has 1 fully saturated rings. The molecular weight excluding hydrogens is 236 g/mol. The number of hydrogen-bond acceptors (Lipinski definition) is 4. The Morgan fingerprint density at radius 1 is 1.37 bits per heavy atom. The summed E-state index contributed by atoms with van der Waals surface area (Å²) in [6.45, 7) is 5.27. The van der Waals surface area contributed by atoms with Gasteiger partial charge in [0.1, 0.15) is 5.82 Å². The van der Waals surface area contributed by atoms with Gasteiger partial charge in [-0.15, -0.1) is 5.10 Å². The lowest BCUT2D eigenvalue weighted by Gasteiger charge is -2.45. The van der Waals surface area contributed by atoms with E-state index in [1.807, 2.05) is 19.1 Å². The normalized spacial score (nSPS) is 27.5. The second kappa shape index (κ2) is 5.87. The Kier molecular flexibility index (Phi) is 4.40. The van der Waals surface area contributed by atoms with Crippen LogP contribution in [0.25, 0.3) is 0 Å². The number of aromatic nitrogens is 2. The fourth-order valence-corrected chi connectivity index (χ4v) is 3.11. The predicted octanol–water partition coefficient (Wildman–Crippen LogP) is 2.71. The highest BCUT2D eigenvalue weighted by Crippen LogP contribution is 2.35. The van der Waals surface area contributed by atoms with Crippen molar-refractivity contribution < 1.29 is 0 Å². The van der Waals surface area contributed by atoms with Crippen LogP contribution in [0.5, 0.6) is 0 Å². The van der Waals surface area contributed by atoms with Gasteiger partial charge >= 0.3 is 0 Å². The second-order valence-corrected chi connectivity index (χ2v) is 6.23. The first-order valence-corrected chi connectivity index (χ1v) is 7.23. The molecule has 0 bridgehead atoms. The summed E-state index contributed by atoms with van der Waals surface area (Å²) >= 11 is 0. The molecule has 4 heteroatoms. The van der Waals surface area contributed by atoms with E-state index in [1.165, 1.54) is 25.7 Å². The molecule has 1 aliphatic carbocycles. The molecule has 106 valence electrons. The van der Waals surface area contributed by atoms with Crippen molar-refractivity contribution in [1.82, 2.24) is 15.1 Å². The van der Waals surface area contributed by atoms with Crippen LogP contribution in [0.2, 0.25) is 0 Å². The van der Waals surface area contributed by atoms with Crippen molar-refractivity contribution in [2.75, 3.05) is 26.0 Å². The lowest BCUT2D eigenvalue weighted by molar-refractivity contribution is 0.0881. The summed E-state index contributed by atoms with van der Waals surface area (Å²) in [5.74, 6) is 1.69. The average molecular weight is 262 g/mol. The quantitative estimate of drug-likeness (QED) is 0.906. The van der Waals surface area contributed by atoms with E-state index in [1.54, 1.807) is 0 Å². The first-order chi connectivity index (χ1) is 9.02. The fourth-order valence-electron chi connectivity index (χ4n) is 3.11. The average Bonchev–Trinajstić information content (AvgIpc) is 2.38. The van der Waals surface area contributed by atoms with Gasteiger partial charge in [-0.3, -0.25) is 0 Å².